The molecule has 0 aromatic heterocycles. The summed E-state index contributed by atoms with van der Waals surface area (Å²) in [7, 11) is 1.52. The van der Waals surface area contributed by atoms with Gasteiger partial charge < -0.3 is 15.2 Å². The summed E-state index contributed by atoms with van der Waals surface area (Å²) in [6.07, 6.45) is 4.88. The lowest BCUT2D eigenvalue weighted by Crippen LogP contribution is -2.51. The maximum atomic E-state index is 13.1. The number of carbonyl (C=O) groups is 2. The molecule has 0 bridgehead atoms. The van der Waals surface area contributed by atoms with Crippen LogP contribution in [-0.2, 0) is 19.7 Å². The van der Waals surface area contributed by atoms with Crippen LogP contribution in [0.4, 0.5) is 0 Å². The Bertz CT molecular complexity index is 578. The molecular formula is C19H27NO4. The molecular weight excluding hydrogens is 306 g/mol. The van der Waals surface area contributed by atoms with E-state index in [2.05, 4.69) is 11.4 Å². The molecule has 5 heteroatoms. The van der Waals surface area contributed by atoms with Gasteiger partial charge in [-0.3, -0.25) is 4.79 Å². The second kappa shape index (κ2) is 8.29. The molecule has 2 N–H and O–H groups in total. The first kappa shape index (κ1) is 18.5. The number of carboxylic acids is 1. The summed E-state index contributed by atoms with van der Waals surface area (Å²) in [5, 5.41) is 12.1. The number of methoxy groups -OCH3 is 1. The Hall–Kier alpha value is -1.88. The van der Waals surface area contributed by atoms with Crippen LogP contribution in [0.1, 0.15) is 49.7 Å². The van der Waals surface area contributed by atoms with Gasteiger partial charge in [0, 0.05) is 20.1 Å². The van der Waals surface area contributed by atoms with Gasteiger partial charge in [-0.25, -0.2) is 4.79 Å². The average molecular weight is 333 g/mol. The quantitative estimate of drug-likeness (QED) is 0.804. The topological polar surface area (TPSA) is 75.6 Å². The fourth-order valence-electron chi connectivity index (χ4n) is 3.53. The smallest absolute Gasteiger partial charge is 0.326 e. The molecule has 1 aliphatic carbocycles. The van der Waals surface area contributed by atoms with E-state index in [0.717, 1.165) is 43.2 Å². The van der Waals surface area contributed by atoms with E-state index in [1.54, 1.807) is 0 Å². The van der Waals surface area contributed by atoms with Crippen molar-refractivity contribution in [3.05, 3.63) is 35.4 Å². The summed E-state index contributed by atoms with van der Waals surface area (Å²) in [6.45, 7) is 2.31. The van der Waals surface area contributed by atoms with Crippen molar-refractivity contribution < 1.29 is 19.4 Å². The zero-order valence-electron chi connectivity index (χ0n) is 14.5. The third kappa shape index (κ3) is 4.15. The molecule has 0 spiro atoms. The number of ether oxygens (including phenoxy) is 1. The molecule has 1 aliphatic rings. The predicted molar refractivity (Wildman–Crippen MR) is 92.0 cm³/mol. The largest absolute Gasteiger partial charge is 0.480 e. The average Bonchev–Trinajstić information content (AvgIpc) is 2.58. The van der Waals surface area contributed by atoms with E-state index < -0.39 is 17.4 Å². The Morgan fingerprint density at radius 1 is 1.29 bits per heavy atom. The lowest BCUT2D eigenvalue weighted by Gasteiger charge is -2.37. The summed E-state index contributed by atoms with van der Waals surface area (Å²) in [6, 6.07) is 7.10. The fraction of sp³-hybridized carbons (Fsp3) is 0.579. The van der Waals surface area contributed by atoms with E-state index in [-0.39, 0.29) is 12.3 Å². The molecule has 1 aromatic carbocycles. The van der Waals surface area contributed by atoms with E-state index in [1.807, 2.05) is 25.1 Å². The summed E-state index contributed by atoms with van der Waals surface area (Å²) < 4.78 is 4.96. The Balaban J connectivity index is 2.26. The van der Waals surface area contributed by atoms with Gasteiger partial charge in [0.15, 0.2) is 0 Å². The predicted octanol–water partition coefficient (Wildman–Crippen LogP) is 2.80. The monoisotopic (exact) mass is 333 g/mol. The van der Waals surface area contributed by atoms with Crippen molar-refractivity contribution in [1.82, 2.24) is 5.32 Å². The number of rotatable bonds is 7. The van der Waals surface area contributed by atoms with Crippen molar-refractivity contribution in [1.29, 1.82) is 0 Å². The lowest BCUT2D eigenvalue weighted by molar-refractivity contribution is -0.143. The highest BCUT2D eigenvalue weighted by Gasteiger charge is 2.42. The standard InChI is InChI=1S/C19H27NO4/c1-14-7-6-8-15(13-14)19(10-4-3-5-11-19)18(23)20-16(17(21)22)9-12-24-2/h6-8,13,16H,3-5,9-12H2,1-2H3,(H,20,23)(H,21,22). The van der Waals surface area contributed by atoms with Crippen molar-refractivity contribution in [2.24, 2.45) is 0 Å². The van der Waals surface area contributed by atoms with Gasteiger partial charge in [0.05, 0.1) is 5.41 Å². The van der Waals surface area contributed by atoms with E-state index in [1.165, 1.54) is 7.11 Å². The molecule has 1 atom stereocenters. The maximum Gasteiger partial charge on any atom is 0.326 e. The summed E-state index contributed by atoms with van der Waals surface area (Å²) in [5.74, 6) is -1.19. The van der Waals surface area contributed by atoms with Crippen molar-refractivity contribution in [2.75, 3.05) is 13.7 Å². The van der Waals surface area contributed by atoms with Gasteiger partial charge in [0.2, 0.25) is 5.91 Å². The van der Waals surface area contributed by atoms with E-state index in [9.17, 15) is 14.7 Å². The van der Waals surface area contributed by atoms with E-state index >= 15 is 0 Å². The third-order valence-corrected chi connectivity index (χ3v) is 4.93. The molecule has 1 aromatic rings. The number of carboxylic acid groups (broad SMARTS) is 1. The molecule has 5 nitrogen and oxygen atoms in total. The van der Waals surface area contributed by atoms with Gasteiger partial charge in [-0.2, -0.15) is 0 Å². The van der Waals surface area contributed by atoms with E-state index in [0.29, 0.717) is 6.61 Å². The van der Waals surface area contributed by atoms with Crippen LogP contribution in [0.2, 0.25) is 0 Å². The SMILES string of the molecule is COCCC(NC(=O)C1(c2cccc(C)c2)CCCCC1)C(=O)O. The number of aliphatic carboxylic acids is 1. The first-order valence-electron chi connectivity index (χ1n) is 8.59. The molecule has 2 rings (SSSR count). The molecule has 132 valence electrons. The highest BCUT2D eigenvalue weighted by atomic mass is 16.5. The minimum atomic E-state index is -1.02. The van der Waals surface area contributed by atoms with Crippen LogP contribution in [0, 0.1) is 6.92 Å². The molecule has 1 saturated carbocycles. The molecule has 1 amide bonds. The summed E-state index contributed by atoms with van der Waals surface area (Å²) in [4.78, 5) is 24.5. The van der Waals surface area contributed by atoms with Crippen LogP contribution in [-0.4, -0.2) is 36.7 Å². The molecule has 0 aliphatic heterocycles. The van der Waals surface area contributed by atoms with Crippen molar-refractivity contribution >= 4 is 11.9 Å². The van der Waals surface area contributed by atoms with Gasteiger partial charge in [-0.05, 0) is 25.3 Å². The minimum Gasteiger partial charge on any atom is -0.480 e. The molecule has 0 saturated heterocycles. The summed E-state index contributed by atoms with van der Waals surface area (Å²) >= 11 is 0. The van der Waals surface area contributed by atoms with Gasteiger partial charge >= 0.3 is 5.97 Å². The van der Waals surface area contributed by atoms with Gasteiger partial charge in [0.1, 0.15) is 6.04 Å². The number of benzene rings is 1. The zero-order chi connectivity index (χ0) is 17.6. The third-order valence-electron chi connectivity index (χ3n) is 4.93. The Morgan fingerprint density at radius 3 is 2.58 bits per heavy atom. The summed E-state index contributed by atoms with van der Waals surface area (Å²) in [5.41, 5.74) is 1.49. The van der Waals surface area contributed by atoms with Crippen molar-refractivity contribution in [3.8, 4) is 0 Å². The van der Waals surface area contributed by atoms with Crippen LogP contribution < -0.4 is 5.32 Å². The second-order valence-electron chi connectivity index (χ2n) is 6.66. The maximum absolute atomic E-state index is 13.1. The lowest BCUT2D eigenvalue weighted by atomic mass is 9.68. The molecule has 0 heterocycles. The van der Waals surface area contributed by atoms with Crippen LogP contribution >= 0.6 is 0 Å². The molecule has 1 fully saturated rings. The number of amides is 1. The van der Waals surface area contributed by atoms with Crippen molar-refractivity contribution in [2.45, 2.75) is 56.9 Å². The molecule has 0 radical (unpaired) electrons. The van der Waals surface area contributed by atoms with E-state index in [4.69, 9.17) is 4.74 Å². The number of nitrogens with one attached hydrogen (secondary N) is 1. The highest BCUT2D eigenvalue weighted by molar-refractivity contribution is 5.91. The minimum absolute atomic E-state index is 0.170. The first-order valence-corrected chi connectivity index (χ1v) is 8.59. The van der Waals surface area contributed by atoms with Crippen molar-refractivity contribution in [3.63, 3.8) is 0 Å². The fourth-order valence-corrected chi connectivity index (χ4v) is 3.53. The van der Waals surface area contributed by atoms with Crippen LogP contribution in [0.3, 0.4) is 0 Å². The zero-order valence-corrected chi connectivity index (χ0v) is 14.5. The van der Waals surface area contributed by atoms with Gasteiger partial charge in [-0.15, -0.1) is 0 Å². The molecule has 24 heavy (non-hydrogen) atoms. The van der Waals surface area contributed by atoms with Gasteiger partial charge in [-0.1, -0.05) is 49.1 Å². The van der Waals surface area contributed by atoms with Gasteiger partial charge in [0.25, 0.3) is 0 Å². The van der Waals surface area contributed by atoms with Crippen LogP contribution in [0.15, 0.2) is 24.3 Å². The number of carbonyl (C=O) groups excluding carboxylic acids is 1. The molecule has 1 unspecified atom stereocenters. The van der Waals surface area contributed by atoms with Crippen LogP contribution in [0.5, 0.6) is 0 Å². The number of hydrogen-bond acceptors (Lipinski definition) is 3. The van der Waals surface area contributed by atoms with Crippen LogP contribution in [0.25, 0.3) is 0 Å². The Morgan fingerprint density at radius 2 is 2.00 bits per heavy atom. The Kier molecular flexibility index (Phi) is 6.37. The number of hydrogen-bond donors (Lipinski definition) is 2. The Labute approximate surface area is 143 Å². The second-order valence-corrected chi connectivity index (χ2v) is 6.66. The normalized spacial score (nSPS) is 17.9. The highest BCUT2D eigenvalue weighted by Crippen LogP contribution is 2.40. The number of aryl methyl sites for hydroxylation is 1. The first-order chi connectivity index (χ1) is 11.5.